The van der Waals surface area contributed by atoms with Crippen molar-refractivity contribution in [2.24, 2.45) is 50.2 Å². The molecule has 5 aliphatic rings. The Morgan fingerprint density at radius 2 is 1.67 bits per heavy atom. The Balaban J connectivity index is 1.44. The predicted octanol–water partition coefficient (Wildman–Crippen LogP) is 6.65. The lowest BCUT2D eigenvalue weighted by Crippen LogP contribution is -2.66. The van der Waals surface area contributed by atoms with E-state index in [9.17, 15) is 25.1 Å². The topological polar surface area (TPSA) is 119 Å². The molecule has 0 aromatic heterocycles. The first-order valence-electron chi connectivity index (χ1n) is 16.5. The normalized spacial score (nSPS) is 45.8. The Hall–Kier alpha value is -1.67. The van der Waals surface area contributed by atoms with Crippen LogP contribution in [-0.2, 0) is 14.4 Å². The average molecular weight is 590 g/mol. The summed E-state index contributed by atoms with van der Waals surface area (Å²) in [6.07, 6.45) is 12.6. The maximum atomic E-state index is 14.0. The number of hydrogen-bond acceptors (Lipinski definition) is 7. The van der Waals surface area contributed by atoms with Crippen LogP contribution in [0.15, 0.2) is 11.6 Å². The molecule has 0 aromatic rings. The maximum Gasteiger partial charge on any atom is 0.312 e. The molecule has 42 heavy (non-hydrogen) atoms. The van der Waals surface area contributed by atoms with E-state index >= 15 is 0 Å². The molecule has 5 rings (SSSR count). The van der Waals surface area contributed by atoms with Crippen LogP contribution in [0.5, 0.6) is 0 Å². The zero-order chi connectivity index (χ0) is 30.8. The van der Waals surface area contributed by atoms with Crippen LogP contribution in [0, 0.1) is 60.4 Å². The lowest BCUT2D eigenvalue weighted by molar-refractivity contribution is -0.757. The second-order valence-corrected chi connectivity index (χ2v) is 16.5. The summed E-state index contributed by atoms with van der Waals surface area (Å²) in [5, 5.41) is 31.2. The van der Waals surface area contributed by atoms with Crippen LogP contribution >= 0.6 is 0 Å². The van der Waals surface area contributed by atoms with E-state index in [4.69, 9.17) is 4.74 Å². The second kappa shape index (κ2) is 10.7. The van der Waals surface area contributed by atoms with E-state index in [2.05, 4.69) is 52.5 Å². The number of ether oxygens (including phenoxy) is 1. The molecule has 2 N–H and O–H groups in total. The molecular weight excluding hydrogens is 534 g/mol. The number of carbonyl (C=O) groups excluding carboxylic acids is 1. The van der Waals surface area contributed by atoms with E-state index in [0.29, 0.717) is 18.8 Å². The fourth-order valence-corrected chi connectivity index (χ4v) is 11.3. The fraction of sp³-hybridized carbons (Fsp3) is 0.912. The van der Waals surface area contributed by atoms with E-state index in [1.54, 1.807) is 0 Å². The molecule has 0 saturated heterocycles. The monoisotopic (exact) mass is 589 g/mol. The third-order valence-electron chi connectivity index (χ3n) is 14.1. The number of esters is 1. The molecule has 5 aliphatic carbocycles. The number of aliphatic hydroxyl groups is 2. The van der Waals surface area contributed by atoms with Crippen molar-refractivity contribution in [1.29, 1.82) is 0 Å². The van der Waals surface area contributed by atoms with Gasteiger partial charge in [0.2, 0.25) is 0 Å². The van der Waals surface area contributed by atoms with Crippen molar-refractivity contribution in [1.82, 2.24) is 0 Å². The van der Waals surface area contributed by atoms with Crippen LogP contribution in [-0.4, -0.2) is 47.2 Å². The highest BCUT2D eigenvalue weighted by atomic mass is 16.9. The molecule has 0 unspecified atom stereocenters. The van der Waals surface area contributed by atoms with Crippen molar-refractivity contribution in [3.63, 3.8) is 0 Å². The minimum absolute atomic E-state index is 0.0166. The van der Waals surface area contributed by atoms with Gasteiger partial charge in [0, 0.05) is 5.41 Å². The van der Waals surface area contributed by atoms with Crippen LogP contribution in [0.2, 0.25) is 0 Å². The standard InChI is InChI=1S/C34H55NO7/c1-29(2)15-17-34(28(38)41-19-7-8-20-42-35(39)40)18-16-32(5)23(24(34)21-29)9-10-26-30(3)13-12-27(37)31(4,22-36)25(30)11-14-33(26,32)6/h9,24-27,36-37H,7-8,10-22H2,1-6H3/t24-,25+,26+,27-,30-,31-,32+,33+,34-/m0/s1. The van der Waals surface area contributed by atoms with Gasteiger partial charge in [0.15, 0.2) is 0 Å². The minimum atomic E-state index is -0.781. The molecule has 238 valence electrons. The van der Waals surface area contributed by atoms with Crippen LogP contribution in [0.3, 0.4) is 0 Å². The molecule has 0 aliphatic heterocycles. The number of nitrogens with zero attached hydrogens (tertiary/aromatic N) is 1. The van der Waals surface area contributed by atoms with E-state index in [0.717, 1.165) is 64.2 Å². The van der Waals surface area contributed by atoms with Crippen molar-refractivity contribution in [2.75, 3.05) is 19.8 Å². The van der Waals surface area contributed by atoms with Gasteiger partial charge in [-0.1, -0.05) is 53.2 Å². The largest absolute Gasteiger partial charge is 0.465 e. The zero-order valence-electron chi connectivity index (χ0n) is 26.9. The minimum Gasteiger partial charge on any atom is -0.465 e. The highest BCUT2D eigenvalue weighted by molar-refractivity contribution is 5.78. The Morgan fingerprint density at radius 1 is 0.976 bits per heavy atom. The smallest absolute Gasteiger partial charge is 0.312 e. The highest BCUT2D eigenvalue weighted by Gasteiger charge is 2.69. The lowest BCUT2D eigenvalue weighted by Gasteiger charge is -2.71. The highest BCUT2D eigenvalue weighted by Crippen LogP contribution is 2.75. The Bertz CT molecular complexity index is 1110. The van der Waals surface area contributed by atoms with Gasteiger partial charge in [-0.05, 0) is 116 Å². The summed E-state index contributed by atoms with van der Waals surface area (Å²) in [6, 6.07) is 0. The van der Waals surface area contributed by atoms with Crippen molar-refractivity contribution in [3.05, 3.63) is 21.8 Å². The quantitative estimate of drug-likeness (QED) is 0.107. The fourth-order valence-electron chi connectivity index (χ4n) is 11.3. The van der Waals surface area contributed by atoms with Crippen LogP contribution < -0.4 is 0 Å². The van der Waals surface area contributed by atoms with E-state index in [-0.39, 0.29) is 59.3 Å². The molecule has 8 nitrogen and oxygen atoms in total. The SMILES string of the molecule is CC1(C)CC[C@]2(C(=O)OCCCCO[N+](=O)[O-])CC[C@]3(C)C(=CC[C@@H]4[C@@]5(C)CC[C@H](O)[C@@](C)(CO)[C@@H]5CC[C@]43C)[C@@H]2C1. The number of carbonyl (C=O) groups is 1. The van der Waals surface area contributed by atoms with Gasteiger partial charge in [0.25, 0.3) is 5.09 Å². The number of rotatable bonds is 8. The molecule has 8 heteroatoms. The summed E-state index contributed by atoms with van der Waals surface area (Å²) in [5.41, 5.74) is 0.775. The van der Waals surface area contributed by atoms with Gasteiger partial charge in [0.05, 0.1) is 31.3 Å². The number of fused-ring (bicyclic) bond motifs is 7. The van der Waals surface area contributed by atoms with Gasteiger partial charge in [-0.3, -0.25) is 4.79 Å². The van der Waals surface area contributed by atoms with Crippen molar-refractivity contribution < 1.29 is 29.7 Å². The Morgan fingerprint density at radius 3 is 2.36 bits per heavy atom. The van der Waals surface area contributed by atoms with Crippen molar-refractivity contribution >= 4 is 5.97 Å². The molecule has 0 bridgehead atoms. The average Bonchev–Trinajstić information content (AvgIpc) is 2.92. The third kappa shape index (κ3) is 4.64. The molecule has 0 amide bonds. The molecule has 0 aromatic carbocycles. The molecule has 9 atom stereocenters. The Kier molecular flexibility index (Phi) is 8.12. The van der Waals surface area contributed by atoms with Gasteiger partial charge < -0.3 is 19.8 Å². The van der Waals surface area contributed by atoms with Gasteiger partial charge in [-0.15, -0.1) is 10.1 Å². The maximum absolute atomic E-state index is 14.0. The van der Waals surface area contributed by atoms with E-state index < -0.39 is 22.0 Å². The van der Waals surface area contributed by atoms with Crippen molar-refractivity contribution in [2.45, 2.75) is 125 Å². The predicted molar refractivity (Wildman–Crippen MR) is 160 cm³/mol. The summed E-state index contributed by atoms with van der Waals surface area (Å²) in [6.45, 7) is 14.6. The van der Waals surface area contributed by atoms with Gasteiger partial charge >= 0.3 is 5.97 Å². The van der Waals surface area contributed by atoms with Crippen LogP contribution in [0.4, 0.5) is 0 Å². The van der Waals surface area contributed by atoms with Crippen molar-refractivity contribution in [3.8, 4) is 0 Å². The summed E-state index contributed by atoms with van der Waals surface area (Å²) >= 11 is 0. The summed E-state index contributed by atoms with van der Waals surface area (Å²) in [5.74, 6) is 0.833. The van der Waals surface area contributed by atoms with Gasteiger partial charge in [0.1, 0.15) is 0 Å². The number of aliphatic hydroxyl groups excluding tert-OH is 2. The third-order valence-corrected chi connectivity index (χ3v) is 14.1. The molecular formula is C34H55NO7. The summed E-state index contributed by atoms with van der Waals surface area (Å²) in [4.78, 5) is 28.8. The van der Waals surface area contributed by atoms with Gasteiger partial charge in [-0.25, -0.2) is 0 Å². The van der Waals surface area contributed by atoms with E-state index in [1.807, 2.05) is 0 Å². The first-order chi connectivity index (χ1) is 19.6. The number of unbranched alkanes of at least 4 members (excludes halogenated alkanes) is 1. The molecule has 4 fully saturated rings. The first-order valence-corrected chi connectivity index (χ1v) is 16.5. The summed E-state index contributed by atoms with van der Waals surface area (Å²) in [7, 11) is 0. The molecule has 0 spiro atoms. The Labute approximate surface area is 252 Å². The van der Waals surface area contributed by atoms with Gasteiger partial charge in [-0.2, -0.15) is 0 Å². The first kappa shape index (κ1) is 31.7. The number of allylic oxidation sites excluding steroid dienone is 2. The lowest BCUT2D eigenvalue weighted by atomic mass is 9.33. The molecule has 0 radical (unpaired) electrons. The van der Waals surface area contributed by atoms with Crippen LogP contribution in [0.25, 0.3) is 0 Å². The zero-order valence-corrected chi connectivity index (χ0v) is 26.9. The van der Waals surface area contributed by atoms with Crippen LogP contribution in [0.1, 0.15) is 119 Å². The summed E-state index contributed by atoms with van der Waals surface area (Å²) < 4.78 is 5.95. The van der Waals surface area contributed by atoms with E-state index in [1.165, 1.54) is 5.57 Å². The number of hydrogen-bond donors (Lipinski definition) is 2. The second-order valence-electron chi connectivity index (χ2n) is 16.5. The molecule has 0 heterocycles. The molecule has 4 saturated carbocycles.